The average molecular weight is 451 g/mol. The summed E-state index contributed by atoms with van der Waals surface area (Å²) in [6.45, 7) is 11.1. The lowest BCUT2D eigenvalue weighted by atomic mass is 9.96. The van der Waals surface area contributed by atoms with Crippen molar-refractivity contribution in [1.82, 2.24) is 9.88 Å². The molecule has 1 aromatic carbocycles. The lowest BCUT2D eigenvalue weighted by molar-refractivity contribution is -0.145. The van der Waals surface area contributed by atoms with Crippen molar-refractivity contribution >= 4 is 28.6 Å². The molecular weight excluding hydrogens is 416 g/mol. The maximum Gasteiger partial charge on any atom is 0.407 e. The van der Waals surface area contributed by atoms with Gasteiger partial charge in [-0.3, -0.25) is 0 Å². The highest BCUT2D eigenvalue weighted by Gasteiger charge is 2.40. The Bertz CT molecular complexity index is 891. The number of hydrogen-bond acceptors (Lipinski definition) is 4. The predicted octanol–water partition coefficient (Wildman–Crippen LogP) is 6.16. The molecule has 31 heavy (non-hydrogen) atoms. The van der Waals surface area contributed by atoms with E-state index in [9.17, 15) is 4.79 Å². The first-order chi connectivity index (χ1) is 14.7. The number of hydrogen-bond donors (Lipinski definition) is 1. The van der Waals surface area contributed by atoms with Crippen molar-refractivity contribution in [3.63, 3.8) is 0 Å². The van der Waals surface area contributed by atoms with E-state index in [1.165, 1.54) is 0 Å². The van der Waals surface area contributed by atoms with Gasteiger partial charge in [-0.05, 0) is 65.7 Å². The number of rotatable bonds is 8. The maximum atomic E-state index is 12.5. The molecule has 172 valence electrons. The molecule has 1 aliphatic carbocycles. The van der Waals surface area contributed by atoms with Crippen LogP contribution in [0.3, 0.4) is 0 Å². The zero-order chi connectivity index (χ0) is 22.6. The molecule has 1 fully saturated rings. The fourth-order valence-corrected chi connectivity index (χ4v) is 4.65. The third-order valence-corrected chi connectivity index (χ3v) is 5.88. The number of fused-ring (bicyclic) bond motifs is 1. The molecule has 1 saturated carbocycles. The van der Waals surface area contributed by atoms with Crippen LogP contribution in [0.2, 0.25) is 5.02 Å². The van der Waals surface area contributed by atoms with E-state index in [2.05, 4.69) is 16.0 Å². The molecule has 0 bridgehead atoms. The van der Waals surface area contributed by atoms with E-state index < -0.39 is 18.0 Å². The zero-order valence-corrected chi connectivity index (χ0v) is 20.1. The zero-order valence-electron chi connectivity index (χ0n) is 19.3. The summed E-state index contributed by atoms with van der Waals surface area (Å²) in [5.74, 6) is 0. The molecule has 7 heteroatoms. The van der Waals surface area contributed by atoms with Crippen LogP contribution < -0.4 is 5.32 Å². The number of ether oxygens (including phenoxy) is 3. The molecule has 1 N–H and O–H groups in total. The van der Waals surface area contributed by atoms with Crippen LogP contribution >= 0.6 is 11.6 Å². The first-order valence-electron chi connectivity index (χ1n) is 11.2. The van der Waals surface area contributed by atoms with Crippen LogP contribution in [-0.2, 0) is 19.7 Å². The van der Waals surface area contributed by atoms with Crippen molar-refractivity contribution in [2.24, 2.45) is 0 Å². The third-order valence-electron chi connectivity index (χ3n) is 5.64. The first kappa shape index (κ1) is 23.9. The van der Waals surface area contributed by atoms with Crippen molar-refractivity contribution in [3.8, 4) is 0 Å². The third kappa shape index (κ3) is 5.54. The molecule has 6 nitrogen and oxygen atoms in total. The molecule has 0 spiro atoms. The Morgan fingerprint density at radius 3 is 2.39 bits per heavy atom. The van der Waals surface area contributed by atoms with Gasteiger partial charge >= 0.3 is 6.09 Å². The SMILES string of the molecule is CCOC(OCC)c1cc2ccc(Cl)cc2n1C1(CNC(=O)OC(C)(C)C)CCCC1. The van der Waals surface area contributed by atoms with Gasteiger partial charge in [0.05, 0.1) is 16.7 Å². The summed E-state index contributed by atoms with van der Waals surface area (Å²) in [6.07, 6.45) is 3.17. The van der Waals surface area contributed by atoms with Crippen LogP contribution in [-0.4, -0.2) is 36.0 Å². The Morgan fingerprint density at radius 1 is 1.16 bits per heavy atom. The van der Waals surface area contributed by atoms with Gasteiger partial charge in [-0.25, -0.2) is 4.79 Å². The smallest absolute Gasteiger partial charge is 0.407 e. The average Bonchev–Trinajstić information content (AvgIpc) is 3.30. The topological polar surface area (TPSA) is 61.7 Å². The second-order valence-electron chi connectivity index (χ2n) is 9.14. The van der Waals surface area contributed by atoms with Crippen LogP contribution in [0.5, 0.6) is 0 Å². The maximum absolute atomic E-state index is 12.5. The number of aromatic nitrogens is 1. The standard InChI is InChI=1S/C24H35ClN2O4/c1-6-29-21(30-7-2)20-14-17-10-11-18(25)15-19(17)27(20)24(12-8-9-13-24)16-26-22(28)31-23(3,4)5/h10-11,14-15,21H,6-9,12-13,16H2,1-5H3,(H,26,28). The van der Waals surface area contributed by atoms with Crippen molar-refractivity contribution in [3.05, 3.63) is 35.0 Å². The number of alkyl carbamates (subject to hydrolysis) is 1. The Hall–Kier alpha value is -1.76. The van der Waals surface area contributed by atoms with Crippen LogP contribution in [0.4, 0.5) is 4.79 Å². The minimum Gasteiger partial charge on any atom is -0.444 e. The Labute approximate surface area is 190 Å². The molecule has 0 saturated heterocycles. The summed E-state index contributed by atoms with van der Waals surface area (Å²) in [4.78, 5) is 12.5. The van der Waals surface area contributed by atoms with Crippen molar-refractivity contribution in [2.45, 2.75) is 77.7 Å². The molecule has 0 radical (unpaired) electrons. The minimum absolute atomic E-state index is 0.300. The van der Waals surface area contributed by atoms with Crippen molar-refractivity contribution in [1.29, 1.82) is 0 Å². The molecule has 1 amide bonds. The lowest BCUT2D eigenvalue weighted by Gasteiger charge is -2.36. The van der Waals surface area contributed by atoms with Crippen molar-refractivity contribution in [2.75, 3.05) is 19.8 Å². The van der Waals surface area contributed by atoms with Crippen LogP contribution in [0.1, 0.15) is 72.3 Å². The largest absolute Gasteiger partial charge is 0.444 e. The van der Waals surface area contributed by atoms with E-state index in [0.717, 1.165) is 42.3 Å². The molecule has 1 heterocycles. The highest BCUT2D eigenvalue weighted by molar-refractivity contribution is 6.31. The Morgan fingerprint density at radius 2 is 1.81 bits per heavy atom. The number of carbonyl (C=O) groups is 1. The fraction of sp³-hybridized carbons (Fsp3) is 0.625. The Kier molecular flexibility index (Phi) is 7.55. The summed E-state index contributed by atoms with van der Waals surface area (Å²) in [5, 5.41) is 4.78. The number of halogens is 1. The molecular formula is C24H35ClN2O4. The van der Waals surface area contributed by atoms with Gasteiger partial charge in [0.25, 0.3) is 0 Å². The van der Waals surface area contributed by atoms with E-state index >= 15 is 0 Å². The number of nitrogens with one attached hydrogen (secondary N) is 1. The van der Waals surface area contributed by atoms with Gasteiger partial charge in [-0.1, -0.05) is 30.5 Å². The normalized spacial score (nSPS) is 16.2. The van der Waals surface area contributed by atoms with Gasteiger partial charge in [0, 0.05) is 30.2 Å². The highest BCUT2D eigenvalue weighted by Crippen LogP contribution is 2.43. The van der Waals surface area contributed by atoms with E-state index in [4.69, 9.17) is 25.8 Å². The number of carbonyl (C=O) groups excluding carboxylic acids is 1. The van der Waals surface area contributed by atoms with Gasteiger partial charge in [0.1, 0.15) is 5.60 Å². The van der Waals surface area contributed by atoms with Gasteiger partial charge in [-0.15, -0.1) is 0 Å². The molecule has 1 aromatic heterocycles. The number of amides is 1. The van der Waals surface area contributed by atoms with E-state index in [1.54, 1.807) is 0 Å². The first-order valence-corrected chi connectivity index (χ1v) is 11.6. The minimum atomic E-state index is -0.541. The fourth-order valence-electron chi connectivity index (χ4n) is 4.48. The van der Waals surface area contributed by atoms with Crippen LogP contribution in [0.25, 0.3) is 10.9 Å². The summed E-state index contributed by atoms with van der Waals surface area (Å²) in [7, 11) is 0. The number of nitrogens with zero attached hydrogens (tertiary/aromatic N) is 1. The lowest BCUT2D eigenvalue weighted by Crippen LogP contribution is -2.45. The van der Waals surface area contributed by atoms with Crippen LogP contribution in [0, 0.1) is 0 Å². The van der Waals surface area contributed by atoms with Gasteiger partial charge in [0.15, 0.2) is 6.29 Å². The molecule has 0 unspecified atom stereocenters. The van der Waals surface area contributed by atoms with Crippen LogP contribution in [0.15, 0.2) is 24.3 Å². The summed E-state index contributed by atoms with van der Waals surface area (Å²) in [6, 6.07) is 8.03. The highest BCUT2D eigenvalue weighted by atomic mass is 35.5. The number of benzene rings is 1. The molecule has 0 aliphatic heterocycles. The molecule has 0 atom stereocenters. The predicted molar refractivity (Wildman–Crippen MR) is 124 cm³/mol. The second-order valence-corrected chi connectivity index (χ2v) is 9.57. The summed E-state index contributed by atoms with van der Waals surface area (Å²) < 4.78 is 19.7. The van der Waals surface area contributed by atoms with Gasteiger partial charge < -0.3 is 24.1 Å². The van der Waals surface area contributed by atoms with Crippen molar-refractivity contribution < 1.29 is 19.0 Å². The molecule has 3 rings (SSSR count). The summed E-state index contributed by atoms with van der Waals surface area (Å²) in [5.41, 5.74) is 1.14. The molecule has 1 aliphatic rings. The summed E-state index contributed by atoms with van der Waals surface area (Å²) >= 11 is 6.39. The second kappa shape index (κ2) is 9.80. The van der Waals surface area contributed by atoms with E-state index in [0.29, 0.717) is 24.8 Å². The van der Waals surface area contributed by atoms with E-state index in [-0.39, 0.29) is 5.54 Å². The van der Waals surface area contributed by atoms with E-state index in [1.807, 2.05) is 52.8 Å². The monoisotopic (exact) mass is 450 g/mol. The van der Waals surface area contributed by atoms with Gasteiger partial charge in [0.2, 0.25) is 0 Å². The Balaban J connectivity index is 2.06. The van der Waals surface area contributed by atoms with Gasteiger partial charge in [-0.2, -0.15) is 0 Å². The molecule has 2 aromatic rings. The quantitative estimate of drug-likeness (QED) is 0.489.